The average Bonchev–Trinajstić information content (AvgIpc) is 2.84. The van der Waals surface area contributed by atoms with Gasteiger partial charge in [0.05, 0.1) is 11.5 Å². The lowest BCUT2D eigenvalue weighted by atomic mass is 10.2. The molecular weight excluding hydrogens is 462 g/mol. The molecule has 0 radical (unpaired) electrons. The third-order valence-corrected chi connectivity index (χ3v) is 5.41. The van der Waals surface area contributed by atoms with Gasteiger partial charge < -0.3 is 25.4 Å². The summed E-state index contributed by atoms with van der Waals surface area (Å²) in [5.74, 6) is 2.04. The van der Waals surface area contributed by atoms with Crippen molar-refractivity contribution in [2.75, 3.05) is 42.5 Å². The van der Waals surface area contributed by atoms with Gasteiger partial charge in [-0.2, -0.15) is 4.98 Å². The van der Waals surface area contributed by atoms with Crippen molar-refractivity contribution in [3.63, 3.8) is 0 Å². The van der Waals surface area contributed by atoms with Crippen molar-refractivity contribution in [2.45, 2.75) is 18.7 Å². The Balaban J connectivity index is 1.69. The molecule has 0 saturated carbocycles. The highest BCUT2D eigenvalue weighted by molar-refractivity contribution is 7.98. The number of hydrogen-bond donors (Lipinski definition) is 3. The standard InChI is InChI=1S/C26H31N5O3S/c1-18(2)8-13-24(32)28-20-6-5-7-21(16-20)29-25-23(35-4)17-27-26(31-25)30-19-9-11-22(12-10-19)34-15-14-33-3/h5-13,16-18H,14-15H2,1-4H3,(H,28,32)(H2,27,29,30,31). The van der Waals surface area contributed by atoms with Crippen molar-refractivity contribution in [1.29, 1.82) is 0 Å². The number of methoxy groups -OCH3 is 1. The number of rotatable bonds is 12. The number of ether oxygens (including phenoxy) is 2. The molecule has 0 aliphatic carbocycles. The molecule has 0 spiro atoms. The maximum Gasteiger partial charge on any atom is 0.248 e. The fourth-order valence-electron chi connectivity index (χ4n) is 2.95. The van der Waals surface area contributed by atoms with Crippen LogP contribution in [0, 0.1) is 5.92 Å². The van der Waals surface area contributed by atoms with E-state index in [4.69, 9.17) is 9.47 Å². The molecule has 0 saturated heterocycles. The van der Waals surface area contributed by atoms with Crippen LogP contribution in [0.3, 0.4) is 0 Å². The van der Waals surface area contributed by atoms with Crippen LogP contribution in [-0.4, -0.2) is 42.5 Å². The van der Waals surface area contributed by atoms with Gasteiger partial charge in [0.1, 0.15) is 18.2 Å². The fourth-order valence-corrected chi connectivity index (χ4v) is 3.40. The lowest BCUT2D eigenvalue weighted by molar-refractivity contribution is -0.111. The quantitative estimate of drug-likeness (QED) is 0.164. The number of amides is 1. The second-order valence-electron chi connectivity index (χ2n) is 7.90. The third kappa shape index (κ3) is 8.62. The lowest BCUT2D eigenvalue weighted by Crippen LogP contribution is -2.08. The van der Waals surface area contributed by atoms with Crippen LogP contribution in [0.4, 0.5) is 28.8 Å². The first-order chi connectivity index (χ1) is 17.0. The van der Waals surface area contributed by atoms with Crippen molar-refractivity contribution in [2.24, 2.45) is 5.92 Å². The zero-order valence-corrected chi connectivity index (χ0v) is 21.2. The molecule has 1 heterocycles. The maximum absolute atomic E-state index is 12.1. The number of carbonyl (C=O) groups excluding carboxylic acids is 1. The minimum atomic E-state index is -0.163. The Morgan fingerprint density at radius 3 is 2.54 bits per heavy atom. The number of allylic oxidation sites excluding steroid dienone is 1. The lowest BCUT2D eigenvalue weighted by Gasteiger charge is -2.13. The van der Waals surface area contributed by atoms with Crippen molar-refractivity contribution in [1.82, 2.24) is 9.97 Å². The highest BCUT2D eigenvalue weighted by Gasteiger charge is 2.09. The largest absolute Gasteiger partial charge is 0.491 e. The van der Waals surface area contributed by atoms with Gasteiger partial charge >= 0.3 is 0 Å². The molecule has 1 aromatic heterocycles. The van der Waals surface area contributed by atoms with E-state index in [0.717, 1.165) is 22.0 Å². The average molecular weight is 494 g/mol. The predicted molar refractivity (Wildman–Crippen MR) is 143 cm³/mol. The zero-order valence-electron chi connectivity index (χ0n) is 20.4. The first-order valence-corrected chi connectivity index (χ1v) is 12.5. The molecule has 184 valence electrons. The number of carbonyl (C=O) groups is 1. The van der Waals surface area contributed by atoms with Crippen LogP contribution in [0.25, 0.3) is 0 Å². The van der Waals surface area contributed by atoms with Crippen LogP contribution in [0.1, 0.15) is 13.8 Å². The van der Waals surface area contributed by atoms with Gasteiger partial charge in [0.15, 0.2) is 0 Å². The van der Waals surface area contributed by atoms with Gasteiger partial charge in [-0.25, -0.2) is 4.98 Å². The minimum Gasteiger partial charge on any atom is -0.491 e. The third-order valence-electron chi connectivity index (χ3n) is 4.67. The molecule has 1 amide bonds. The molecule has 8 nitrogen and oxygen atoms in total. The maximum atomic E-state index is 12.1. The summed E-state index contributed by atoms with van der Waals surface area (Å²) < 4.78 is 10.6. The van der Waals surface area contributed by atoms with Gasteiger partial charge in [-0.05, 0) is 60.7 Å². The Labute approximate surface area is 210 Å². The van der Waals surface area contributed by atoms with Gasteiger partial charge in [0.2, 0.25) is 11.9 Å². The summed E-state index contributed by atoms with van der Waals surface area (Å²) in [6.45, 7) is 5.08. The highest BCUT2D eigenvalue weighted by atomic mass is 32.2. The summed E-state index contributed by atoms with van der Waals surface area (Å²) in [5.41, 5.74) is 2.33. The molecule has 2 aromatic carbocycles. The van der Waals surface area contributed by atoms with Crippen LogP contribution in [0.5, 0.6) is 5.75 Å². The summed E-state index contributed by atoms with van der Waals surface area (Å²) in [6, 6.07) is 15.1. The van der Waals surface area contributed by atoms with E-state index < -0.39 is 0 Å². The summed E-state index contributed by atoms with van der Waals surface area (Å²) in [4.78, 5) is 22.1. The first-order valence-electron chi connectivity index (χ1n) is 11.2. The molecule has 0 bridgehead atoms. The van der Waals surface area contributed by atoms with Crippen LogP contribution in [0.15, 0.2) is 71.8 Å². The molecule has 0 fully saturated rings. The zero-order chi connectivity index (χ0) is 25.0. The van der Waals surface area contributed by atoms with E-state index in [9.17, 15) is 4.79 Å². The Bertz CT molecular complexity index is 1140. The van der Waals surface area contributed by atoms with Gasteiger partial charge in [-0.15, -0.1) is 11.8 Å². The van der Waals surface area contributed by atoms with Crippen molar-refractivity contribution >= 4 is 46.5 Å². The van der Waals surface area contributed by atoms with E-state index >= 15 is 0 Å². The molecule has 35 heavy (non-hydrogen) atoms. The van der Waals surface area contributed by atoms with Gasteiger partial charge in [-0.3, -0.25) is 4.79 Å². The molecule has 0 atom stereocenters. The molecule has 3 N–H and O–H groups in total. The molecule has 3 aromatic rings. The number of hydrogen-bond acceptors (Lipinski definition) is 8. The van der Waals surface area contributed by atoms with E-state index in [2.05, 4.69) is 25.9 Å². The van der Waals surface area contributed by atoms with E-state index in [1.54, 1.807) is 31.1 Å². The smallest absolute Gasteiger partial charge is 0.248 e. The Kier molecular flexibility index (Phi) is 9.94. The summed E-state index contributed by atoms with van der Waals surface area (Å²) in [6.07, 6.45) is 7.15. The minimum absolute atomic E-state index is 0.163. The van der Waals surface area contributed by atoms with Crippen molar-refractivity contribution in [3.8, 4) is 5.75 Å². The van der Waals surface area contributed by atoms with Gasteiger partial charge in [0, 0.05) is 30.4 Å². The van der Waals surface area contributed by atoms with E-state index in [0.29, 0.717) is 36.6 Å². The Hall–Kier alpha value is -3.56. The topological polar surface area (TPSA) is 97.4 Å². The molecule has 3 rings (SSSR count). The second kappa shape index (κ2) is 13.4. The van der Waals surface area contributed by atoms with E-state index in [-0.39, 0.29) is 5.91 Å². The number of thioether (sulfide) groups is 1. The van der Waals surface area contributed by atoms with Crippen molar-refractivity contribution < 1.29 is 14.3 Å². The predicted octanol–water partition coefficient (Wildman–Crippen LogP) is 5.86. The molecule has 0 unspecified atom stereocenters. The van der Waals surface area contributed by atoms with Crippen molar-refractivity contribution in [3.05, 3.63) is 66.9 Å². The normalized spacial score (nSPS) is 11.0. The van der Waals surface area contributed by atoms with Crippen LogP contribution >= 0.6 is 11.8 Å². The number of nitrogens with one attached hydrogen (secondary N) is 3. The summed E-state index contributed by atoms with van der Waals surface area (Å²) >= 11 is 1.54. The van der Waals surface area contributed by atoms with Crippen LogP contribution in [-0.2, 0) is 9.53 Å². The monoisotopic (exact) mass is 493 g/mol. The van der Waals surface area contributed by atoms with Gasteiger partial charge in [-0.1, -0.05) is 26.0 Å². The summed E-state index contributed by atoms with van der Waals surface area (Å²) in [7, 11) is 1.64. The number of nitrogens with zero attached hydrogens (tertiary/aromatic N) is 2. The SMILES string of the molecule is COCCOc1ccc(Nc2ncc(SC)c(Nc3cccc(NC(=O)C=CC(C)C)c3)n2)cc1. The Morgan fingerprint density at radius 2 is 1.83 bits per heavy atom. The fraction of sp³-hybridized carbons (Fsp3) is 0.269. The second-order valence-corrected chi connectivity index (χ2v) is 8.75. The van der Waals surface area contributed by atoms with E-state index in [1.807, 2.05) is 74.7 Å². The molecule has 9 heteroatoms. The van der Waals surface area contributed by atoms with Crippen LogP contribution in [0.2, 0.25) is 0 Å². The van der Waals surface area contributed by atoms with E-state index in [1.165, 1.54) is 0 Å². The first kappa shape index (κ1) is 26.1. The molecule has 0 aliphatic rings. The number of benzene rings is 2. The number of aromatic nitrogens is 2. The van der Waals surface area contributed by atoms with Gasteiger partial charge in [0.25, 0.3) is 0 Å². The number of anilines is 5. The van der Waals surface area contributed by atoms with Crippen LogP contribution < -0.4 is 20.7 Å². The Morgan fingerprint density at radius 1 is 1.06 bits per heavy atom. The summed E-state index contributed by atoms with van der Waals surface area (Å²) in [5, 5.41) is 9.44. The molecular formula is C26H31N5O3S. The highest BCUT2D eigenvalue weighted by Crippen LogP contribution is 2.28. The molecule has 0 aliphatic heterocycles.